The van der Waals surface area contributed by atoms with Crippen LogP contribution in [0.2, 0.25) is 0 Å². The smallest absolute Gasteiger partial charge is 0.399 e. The van der Waals surface area contributed by atoms with E-state index in [1.807, 2.05) is 53.7 Å². The van der Waals surface area contributed by atoms with Crippen LogP contribution in [-0.4, -0.2) is 30.3 Å². The minimum atomic E-state index is -0.446. The van der Waals surface area contributed by atoms with Crippen molar-refractivity contribution in [2.75, 3.05) is 0 Å². The molecule has 1 N–H and O–H groups in total. The van der Waals surface area contributed by atoms with Gasteiger partial charge in [0.1, 0.15) is 0 Å². The molecular formula is C20H30BNO3. The van der Waals surface area contributed by atoms with Crippen molar-refractivity contribution < 1.29 is 14.1 Å². The van der Waals surface area contributed by atoms with Crippen molar-refractivity contribution in [2.45, 2.75) is 84.0 Å². The maximum absolute atomic E-state index is 12.6. The lowest BCUT2D eigenvalue weighted by Crippen LogP contribution is -2.41. The summed E-state index contributed by atoms with van der Waals surface area (Å²) in [5.41, 5.74) is 2.21. The second kappa shape index (κ2) is 5.85. The molecule has 5 heteroatoms. The fourth-order valence-electron chi connectivity index (χ4n) is 3.07. The summed E-state index contributed by atoms with van der Waals surface area (Å²) in [6.07, 6.45) is 2.32. The van der Waals surface area contributed by atoms with Gasteiger partial charge in [0.25, 0.3) is 5.91 Å². The zero-order valence-electron chi connectivity index (χ0n) is 16.5. The van der Waals surface area contributed by atoms with Crippen molar-refractivity contribution in [1.29, 1.82) is 0 Å². The Morgan fingerprint density at radius 3 is 2.08 bits per heavy atom. The highest BCUT2D eigenvalue weighted by Gasteiger charge is 2.52. The molecule has 0 atom stereocenters. The number of benzene rings is 1. The fourth-order valence-corrected chi connectivity index (χ4v) is 3.07. The summed E-state index contributed by atoms with van der Waals surface area (Å²) in [6, 6.07) is 6.20. The van der Waals surface area contributed by atoms with E-state index in [0.717, 1.165) is 18.3 Å². The van der Waals surface area contributed by atoms with Crippen molar-refractivity contribution in [1.82, 2.24) is 5.32 Å². The van der Waals surface area contributed by atoms with Crippen LogP contribution >= 0.6 is 0 Å². The predicted octanol–water partition coefficient (Wildman–Crippen LogP) is 3.18. The summed E-state index contributed by atoms with van der Waals surface area (Å²) in [4.78, 5) is 12.6. The van der Waals surface area contributed by atoms with Crippen LogP contribution in [-0.2, 0) is 14.7 Å². The third-order valence-corrected chi connectivity index (χ3v) is 5.86. The van der Waals surface area contributed by atoms with E-state index < -0.39 is 18.3 Å². The third-order valence-electron chi connectivity index (χ3n) is 5.86. The van der Waals surface area contributed by atoms with Crippen LogP contribution in [0.3, 0.4) is 0 Å². The Labute approximate surface area is 151 Å². The van der Waals surface area contributed by atoms with E-state index >= 15 is 0 Å². The van der Waals surface area contributed by atoms with Gasteiger partial charge in [0, 0.05) is 11.6 Å². The normalized spacial score (nSPS) is 23.0. The van der Waals surface area contributed by atoms with Crippen LogP contribution in [0.5, 0.6) is 0 Å². The summed E-state index contributed by atoms with van der Waals surface area (Å²) in [7, 11) is -0.446. The highest BCUT2D eigenvalue weighted by Crippen LogP contribution is 2.47. The molecular weight excluding hydrogens is 313 g/mol. The standard InChI is InChI=1S/C20H30BNO3/c1-13(2)22-17(23)14-10-15(20(7)8-9-20)12-16(11-14)21-24-18(3,4)19(5,6)25-21/h10-13H,8-9H2,1-7H3,(H,22,23). The van der Waals surface area contributed by atoms with Gasteiger partial charge in [-0.1, -0.05) is 13.0 Å². The molecule has 0 bridgehead atoms. The maximum atomic E-state index is 12.6. The molecule has 1 aromatic carbocycles. The average molecular weight is 343 g/mol. The van der Waals surface area contributed by atoms with Gasteiger partial charge < -0.3 is 14.6 Å². The molecule has 0 unspecified atom stereocenters. The molecule has 1 amide bonds. The zero-order chi connectivity index (χ0) is 18.6. The van der Waals surface area contributed by atoms with Crippen LogP contribution in [0, 0.1) is 0 Å². The van der Waals surface area contributed by atoms with E-state index in [1.54, 1.807) is 0 Å². The highest BCUT2D eigenvalue weighted by atomic mass is 16.7. The SMILES string of the molecule is CC(C)NC(=O)c1cc(B2OC(C)(C)C(C)(C)O2)cc(C2(C)CC2)c1. The highest BCUT2D eigenvalue weighted by molar-refractivity contribution is 6.62. The Balaban J connectivity index is 1.98. The average Bonchev–Trinajstić information content (AvgIpc) is 3.19. The van der Waals surface area contributed by atoms with Gasteiger partial charge in [-0.2, -0.15) is 0 Å². The molecule has 1 aromatic rings. The van der Waals surface area contributed by atoms with Crippen molar-refractivity contribution in [3.63, 3.8) is 0 Å². The number of hydrogen-bond donors (Lipinski definition) is 1. The van der Waals surface area contributed by atoms with Gasteiger partial charge in [-0.3, -0.25) is 4.79 Å². The largest absolute Gasteiger partial charge is 0.494 e. The molecule has 136 valence electrons. The Kier molecular flexibility index (Phi) is 4.32. The molecule has 0 radical (unpaired) electrons. The molecule has 0 aromatic heterocycles. The van der Waals surface area contributed by atoms with Crippen molar-refractivity contribution in [3.05, 3.63) is 29.3 Å². The maximum Gasteiger partial charge on any atom is 0.494 e. The fraction of sp³-hybridized carbons (Fsp3) is 0.650. The van der Waals surface area contributed by atoms with Gasteiger partial charge in [-0.05, 0) is 83.0 Å². The summed E-state index contributed by atoms with van der Waals surface area (Å²) in [5.74, 6) is -0.0427. The lowest BCUT2D eigenvalue weighted by atomic mass is 9.76. The van der Waals surface area contributed by atoms with E-state index in [1.165, 1.54) is 5.56 Å². The molecule has 2 fully saturated rings. The summed E-state index contributed by atoms with van der Waals surface area (Å²) < 4.78 is 12.4. The van der Waals surface area contributed by atoms with E-state index in [9.17, 15) is 4.79 Å². The number of hydrogen-bond acceptors (Lipinski definition) is 3. The first kappa shape index (κ1) is 18.5. The van der Waals surface area contributed by atoms with Gasteiger partial charge in [0.05, 0.1) is 11.2 Å². The summed E-state index contributed by atoms with van der Waals surface area (Å²) >= 11 is 0. The molecule has 25 heavy (non-hydrogen) atoms. The van der Waals surface area contributed by atoms with Gasteiger partial charge in [-0.15, -0.1) is 0 Å². The lowest BCUT2D eigenvalue weighted by Gasteiger charge is -2.32. The quantitative estimate of drug-likeness (QED) is 0.855. The number of carbonyl (C=O) groups is 1. The Bertz CT molecular complexity index is 676. The van der Waals surface area contributed by atoms with Crippen molar-refractivity contribution >= 4 is 18.5 Å². The first-order valence-electron chi connectivity index (χ1n) is 9.25. The van der Waals surface area contributed by atoms with E-state index in [0.29, 0.717) is 5.56 Å². The van der Waals surface area contributed by atoms with E-state index in [2.05, 4.69) is 18.3 Å². The lowest BCUT2D eigenvalue weighted by molar-refractivity contribution is 0.00578. The van der Waals surface area contributed by atoms with E-state index in [-0.39, 0.29) is 17.4 Å². The number of amides is 1. The molecule has 1 saturated carbocycles. The monoisotopic (exact) mass is 343 g/mol. The van der Waals surface area contributed by atoms with Crippen LogP contribution in [0.1, 0.15) is 77.2 Å². The minimum absolute atomic E-state index is 0.0427. The van der Waals surface area contributed by atoms with Crippen molar-refractivity contribution in [3.8, 4) is 0 Å². The van der Waals surface area contributed by atoms with Gasteiger partial charge >= 0.3 is 7.12 Å². The number of nitrogens with one attached hydrogen (secondary N) is 1. The Hall–Kier alpha value is -1.33. The second-order valence-corrected chi connectivity index (χ2v) is 9.12. The predicted molar refractivity (Wildman–Crippen MR) is 101 cm³/mol. The van der Waals surface area contributed by atoms with Gasteiger partial charge in [-0.25, -0.2) is 0 Å². The minimum Gasteiger partial charge on any atom is -0.399 e. The van der Waals surface area contributed by atoms with Gasteiger partial charge in [0.15, 0.2) is 0 Å². The number of carbonyl (C=O) groups excluding carboxylic acids is 1. The summed E-state index contributed by atoms with van der Waals surface area (Å²) in [5, 5.41) is 2.99. The van der Waals surface area contributed by atoms with Gasteiger partial charge in [0.2, 0.25) is 0 Å². The molecule has 1 saturated heterocycles. The molecule has 2 aliphatic rings. The van der Waals surface area contributed by atoms with E-state index in [4.69, 9.17) is 9.31 Å². The zero-order valence-corrected chi connectivity index (χ0v) is 16.5. The first-order valence-corrected chi connectivity index (χ1v) is 9.25. The molecule has 3 rings (SSSR count). The first-order chi connectivity index (χ1) is 11.4. The molecule has 1 aliphatic heterocycles. The van der Waals surface area contributed by atoms with Crippen LogP contribution in [0.4, 0.5) is 0 Å². The summed E-state index contributed by atoms with van der Waals surface area (Å²) in [6.45, 7) is 14.4. The third kappa shape index (κ3) is 3.49. The van der Waals surface area contributed by atoms with Crippen LogP contribution < -0.4 is 10.8 Å². The molecule has 1 aliphatic carbocycles. The van der Waals surface area contributed by atoms with Crippen LogP contribution in [0.25, 0.3) is 0 Å². The molecule has 1 heterocycles. The Morgan fingerprint density at radius 1 is 1.04 bits per heavy atom. The Morgan fingerprint density at radius 2 is 1.60 bits per heavy atom. The second-order valence-electron chi connectivity index (χ2n) is 9.12. The molecule has 0 spiro atoms. The topological polar surface area (TPSA) is 47.6 Å². The number of rotatable bonds is 4. The van der Waals surface area contributed by atoms with Crippen LogP contribution in [0.15, 0.2) is 18.2 Å². The van der Waals surface area contributed by atoms with Crippen molar-refractivity contribution in [2.24, 2.45) is 0 Å². The molecule has 4 nitrogen and oxygen atoms in total.